The van der Waals surface area contributed by atoms with Crippen molar-refractivity contribution < 1.29 is 13.3 Å². The normalized spacial score (nSPS) is 45.4. The van der Waals surface area contributed by atoms with Gasteiger partial charge >= 0.3 is 0 Å². The molecule has 0 radical (unpaired) electrons. The average molecular weight is 525 g/mol. The maximum absolute atomic E-state index is 7.19. The minimum Gasteiger partial charge on any atom is -0.415 e. The van der Waals surface area contributed by atoms with Crippen molar-refractivity contribution in [2.24, 2.45) is 34.5 Å². The van der Waals surface area contributed by atoms with Crippen LogP contribution >= 0.6 is 0 Å². The molecular formula is C28H56O3Si3. The van der Waals surface area contributed by atoms with Crippen molar-refractivity contribution in [2.45, 2.75) is 142 Å². The van der Waals surface area contributed by atoms with Gasteiger partial charge in [0, 0.05) is 12.2 Å². The second-order valence-corrected chi connectivity index (χ2v) is 29.4. The fourth-order valence-corrected chi connectivity index (χ4v) is 12.6. The van der Waals surface area contributed by atoms with Crippen LogP contribution in [0.1, 0.15) is 65.2 Å². The molecule has 9 atom stereocenters. The predicted molar refractivity (Wildman–Crippen MR) is 152 cm³/mol. The lowest BCUT2D eigenvalue weighted by Crippen LogP contribution is -2.62. The zero-order valence-electron chi connectivity index (χ0n) is 24.4. The summed E-state index contributed by atoms with van der Waals surface area (Å²) in [5.74, 6) is 3.14. The number of rotatable bonds is 6. The lowest BCUT2D eigenvalue weighted by molar-refractivity contribution is -0.176. The van der Waals surface area contributed by atoms with Crippen LogP contribution in [0.4, 0.5) is 0 Å². The van der Waals surface area contributed by atoms with Crippen LogP contribution < -0.4 is 0 Å². The standard InChI is InChI=1S/C28H56O3Si3/c1-27-17-16-21(29-32(3,4)5)18-20(27)12-13-22-23-14-15-25(31-34(9,10)11)28(23,2)19-24(26(22)27)30-33(6,7)8/h20-26H,12-19H2,1-11H3. The van der Waals surface area contributed by atoms with E-state index < -0.39 is 25.0 Å². The molecule has 6 heteroatoms. The summed E-state index contributed by atoms with van der Waals surface area (Å²) in [6, 6.07) is 0. The largest absolute Gasteiger partial charge is 0.415 e. The molecule has 0 bridgehead atoms. The third-order valence-electron chi connectivity index (χ3n) is 9.96. The first-order chi connectivity index (χ1) is 15.4. The summed E-state index contributed by atoms with van der Waals surface area (Å²) >= 11 is 0. The van der Waals surface area contributed by atoms with E-state index in [9.17, 15) is 0 Å². The Kier molecular flexibility index (Phi) is 7.36. The van der Waals surface area contributed by atoms with Gasteiger partial charge in [0.2, 0.25) is 0 Å². The van der Waals surface area contributed by atoms with Crippen molar-refractivity contribution >= 4 is 25.0 Å². The van der Waals surface area contributed by atoms with Crippen LogP contribution in [0.3, 0.4) is 0 Å². The summed E-state index contributed by atoms with van der Waals surface area (Å²) < 4.78 is 20.8. The highest BCUT2D eigenvalue weighted by Crippen LogP contribution is 2.67. The molecule has 4 fully saturated rings. The molecule has 4 aliphatic carbocycles. The van der Waals surface area contributed by atoms with Crippen LogP contribution in [0, 0.1) is 34.5 Å². The second-order valence-electron chi connectivity index (χ2n) is 16.0. The zero-order valence-corrected chi connectivity index (χ0v) is 27.4. The van der Waals surface area contributed by atoms with E-state index in [1.54, 1.807) is 0 Å². The molecule has 0 spiro atoms. The van der Waals surface area contributed by atoms with Crippen molar-refractivity contribution in [3.8, 4) is 0 Å². The molecule has 4 rings (SSSR count). The highest BCUT2D eigenvalue weighted by molar-refractivity contribution is 6.70. The fourth-order valence-electron chi connectivity index (χ4n) is 9.05. The maximum atomic E-state index is 7.19. The summed E-state index contributed by atoms with van der Waals surface area (Å²) in [4.78, 5) is 0. The van der Waals surface area contributed by atoms with Gasteiger partial charge in [-0.15, -0.1) is 0 Å². The van der Waals surface area contributed by atoms with Crippen molar-refractivity contribution in [3.63, 3.8) is 0 Å². The van der Waals surface area contributed by atoms with Gasteiger partial charge in [0.05, 0.1) is 6.10 Å². The molecule has 198 valence electrons. The molecule has 0 aromatic heterocycles. The SMILES string of the molecule is CC12CC(O[Si](C)(C)C)C3C(CCC4CC(O[Si](C)(C)C)CCC43C)C1CCC2O[Si](C)(C)C. The van der Waals surface area contributed by atoms with Gasteiger partial charge < -0.3 is 13.3 Å². The van der Waals surface area contributed by atoms with Gasteiger partial charge in [0.1, 0.15) is 0 Å². The topological polar surface area (TPSA) is 27.7 Å². The van der Waals surface area contributed by atoms with Gasteiger partial charge in [-0.3, -0.25) is 0 Å². The maximum Gasteiger partial charge on any atom is 0.184 e. The first-order valence-corrected chi connectivity index (χ1v) is 24.7. The molecule has 0 heterocycles. The lowest BCUT2D eigenvalue weighted by Gasteiger charge is -2.64. The average Bonchev–Trinajstić information content (AvgIpc) is 2.93. The van der Waals surface area contributed by atoms with Crippen LogP contribution in [-0.4, -0.2) is 43.3 Å². The summed E-state index contributed by atoms with van der Waals surface area (Å²) in [6.45, 7) is 26.7. The monoisotopic (exact) mass is 524 g/mol. The van der Waals surface area contributed by atoms with Gasteiger partial charge in [0.25, 0.3) is 0 Å². The molecule has 0 amide bonds. The van der Waals surface area contributed by atoms with Gasteiger partial charge in [-0.1, -0.05) is 13.8 Å². The molecule has 0 aromatic rings. The van der Waals surface area contributed by atoms with Crippen LogP contribution in [-0.2, 0) is 13.3 Å². The molecule has 4 aliphatic rings. The molecule has 0 aliphatic heterocycles. The Morgan fingerprint density at radius 1 is 0.647 bits per heavy atom. The number of hydrogen-bond donors (Lipinski definition) is 0. The van der Waals surface area contributed by atoms with Gasteiger partial charge in [-0.05, 0) is 145 Å². The Hall–Kier alpha value is 0.531. The van der Waals surface area contributed by atoms with Crippen LogP contribution in [0.5, 0.6) is 0 Å². The first-order valence-electron chi connectivity index (χ1n) is 14.4. The van der Waals surface area contributed by atoms with Crippen molar-refractivity contribution in [1.29, 1.82) is 0 Å². The van der Waals surface area contributed by atoms with Crippen LogP contribution in [0.15, 0.2) is 0 Å². The Bertz CT molecular complexity index is 739. The van der Waals surface area contributed by atoms with E-state index in [4.69, 9.17) is 13.3 Å². The third kappa shape index (κ3) is 5.52. The van der Waals surface area contributed by atoms with E-state index in [1.807, 2.05) is 0 Å². The van der Waals surface area contributed by atoms with Crippen molar-refractivity contribution in [3.05, 3.63) is 0 Å². The summed E-state index contributed by atoms with van der Waals surface area (Å²) in [6.07, 6.45) is 11.9. The van der Waals surface area contributed by atoms with E-state index in [2.05, 4.69) is 72.8 Å². The van der Waals surface area contributed by atoms with E-state index in [0.717, 1.165) is 23.7 Å². The van der Waals surface area contributed by atoms with Crippen LogP contribution in [0.2, 0.25) is 58.9 Å². The van der Waals surface area contributed by atoms with E-state index in [0.29, 0.717) is 23.7 Å². The second kappa shape index (κ2) is 9.07. The lowest BCUT2D eigenvalue weighted by atomic mass is 9.44. The minimum absolute atomic E-state index is 0.285. The smallest absolute Gasteiger partial charge is 0.184 e. The van der Waals surface area contributed by atoms with Crippen molar-refractivity contribution in [1.82, 2.24) is 0 Å². The van der Waals surface area contributed by atoms with E-state index >= 15 is 0 Å². The van der Waals surface area contributed by atoms with Crippen LogP contribution in [0.25, 0.3) is 0 Å². The Morgan fingerprint density at radius 3 is 1.85 bits per heavy atom. The molecule has 0 aromatic carbocycles. The molecule has 0 N–H and O–H groups in total. The summed E-state index contributed by atoms with van der Waals surface area (Å²) in [5, 5.41) is 0. The zero-order chi connectivity index (χ0) is 25.3. The fraction of sp³-hybridized carbons (Fsp3) is 1.00. The molecule has 9 unspecified atom stereocenters. The number of fused-ring (bicyclic) bond motifs is 5. The van der Waals surface area contributed by atoms with Crippen molar-refractivity contribution in [2.75, 3.05) is 0 Å². The van der Waals surface area contributed by atoms with E-state index in [-0.39, 0.29) is 5.41 Å². The predicted octanol–water partition coefficient (Wildman–Crippen LogP) is 8.30. The summed E-state index contributed by atoms with van der Waals surface area (Å²) in [7, 11) is -4.71. The highest BCUT2D eigenvalue weighted by atomic mass is 28.4. The first kappa shape index (κ1) is 27.6. The van der Waals surface area contributed by atoms with Gasteiger partial charge in [-0.25, -0.2) is 0 Å². The molecule has 0 saturated heterocycles. The van der Waals surface area contributed by atoms with E-state index in [1.165, 1.54) is 51.4 Å². The number of hydrogen-bond acceptors (Lipinski definition) is 3. The summed E-state index contributed by atoms with van der Waals surface area (Å²) in [5.41, 5.74) is 0.693. The Balaban J connectivity index is 1.64. The molecular weight excluding hydrogens is 469 g/mol. The Labute approximate surface area is 214 Å². The highest BCUT2D eigenvalue weighted by Gasteiger charge is 2.64. The Morgan fingerprint density at radius 2 is 1.26 bits per heavy atom. The molecule has 34 heavy (non-hydrogen) atoms. The van der Waals surface area contributed by atoms with Gasteiger partial charge in [-0.2, -0.15) is 0 Å². The molecule has 3 nitrogen and oxygen atoms in total. The minimum atomic E-state index is -1.65. The van der Waals surface area contributed by atoms with Gasteiger partial charge in [0.15, 0.2) is 25.0 Å². The molecule has 4 saturated carbocycles. The third-order valence-corrected chi connectivity index (χ3v) is 13.0. The quantitative estimate of drug-likeness (QED) is 0.327.